The first-order chi connectivity index (χ1) is 14.1. The van der Waals surface area contributed by atoms with Gasteiger partial charge in [-0.3, -0.25) is 9.69 Å². The molecule has 0 radical (unpaired) electrons. The van der Waals surface area contributed by atoms with Gasteiger partial charge in [-0.15, -0.1) is 0 Å². The standard InChI is InChI=1S/C25H39FN2O2/c1-25(2,3)28-14-12-18(13-15-28)17-30-21-9-6-19(7-10-21)22-11-8-20(16-23(22)26)24(29)27(4)5/h8,11,16,18-19,21H,6-7,9-10,12-15,17H2,1-5H3/t19-,21-. The smallest absolute Gasteiger partial charge is 0.253 e. The van der Waals surface area contributed by atoms with E-state index in [2.05, 4.69) is 25.7 Å². The molecule has 5 heteroatoms. The van der Waals surface area contributed by atoms with Crippen molar-refractivity contribution >= 4 is 5.91 Å². The molecule has 0 atom stereocenters. The number of piperidine rings is 1. The van der Waals surface area contributed by atoms with Crippen molar-refractivity contribution in [2.24, 2.45) is 5.92 Å². The summed E-state index contributed by atoms with van der Waals surface area (Å²) in [5.41, 5.74) is 1.42. The molecule has 1 amide bonds. The van der Waals surface area contributed by atoms with Crippen LogP contribution in [0.1, 0.15) is 81.1 Å². The zero-order valence-corrected chi connectivity index (χ0v) is 19.4. The van der Waals surface area contributed by atoms with E-state index in [1.165, 1.54) is 23.8 Å². The Hall–Kier alpha value is -1.46. The molecule has 1 saturated carbocycles. The summed E-state index contributed by atoms with van der Waals surface area (Å²) in [6, 6.07) is 4.96. The number of hydrogen-bond donors (Lipinski definition) is 0. The minimum atomic E-state index is -0.252. The Kier molecular flexibility index (Phi) is 7.56. The van der Waals surface area contributed by atoms with Crippen molar-refractivity contribution < 1.29 is 13.9 Å². The molecule has 0 unspecified atom stereocenters. The molecule has 3 rings (SSSR count). The average molecular weight is 419 g/mol. The van der Waals surface area contributed by atoms with Gasteiger partial charge in [-0.05, 0) is 102 Å². The highest BCUT2D eigenvalue weighted by Gasteiger charge is 2.29. The fraction of sp³-hybridized carbons (Fsp3) is 0.720. The van der Waals surface area contributed by atoms with Gasteiger partial charge in [-0.2, -0.15) is 0 Å². The minimum Gasteiger partial charge on any atom is -0.378 e. The van der Waals surface area contributed by atoms with Crippen molar-refractivity contribution in [1.82, 2.24) is 9.80 Å². The number of ether oxygens (including phenoxy) is 1. The summed E-state index contributed by atoms with van der Waals surface area (Å²) in [7, 11) is 3.37. The Morgan fingerprint density at radius 2 is 1.73 bits per heavy atom. The normalized spacial score (nSPS) is 24.1. The molecule has 1 heterocycles. The van der Waals surface area contributed by atoms with Crippen LogP contribution < -0.4 is 0 Å². The van der Waals surface area contributed by atoms with Gasteiger partial charge in [0.05, 0.1) is 6.10 Å². The van der Waals surface area contributed by atoms with Crippen molar-refractivity contribution in [2.75, 3.05) is 33.8 Å². The highest BCUT2D eigenvalue weighted by Crippen LogP contribution is 2.36. The number of likely N-dealkylation sites (tertiary alicyclic amines) is 1. The van der Waals surface area contributed by atoms with Crippen LogP contribution in [-0.2, 0) is 4.74 Å². The predicted molar refractivity (Wildman–Crippen MR) is 119 cm³/mol. The molecule has 168 valence electrons. The topological polar surface area (TPSA) is 32.8 Å². The Morgan fingerprint density at radius 3 is 2.27 bits per heavy atom. The van der Waals surface area contributed by atoms with E-state index >= 15 is 0 Å². The maximum atomic E-state index is 14.7. The van der Waals surface area contributed by atoms with Gasteiger partial charge in [0.15, 0.2) is 0 Å². The van der Waals surface area contributed by atoms with Crippen molar-refractivity contribution in [3.63, 3.8) is 0 Å². The first-order valence-electron chi connectivity index (χ1n) is 11.5. The lowest BCUT2D eigenvalue weighted by Gasteiger charge is -2.41. The van der Waals surface area contributed by atoms with Gasteiger partial charge in [-0.1, -0.05) is 6.07 Å². The molecule has 0 aromatic heterocycles. The van der Waals surface area contributed by atoms with Crippen LogP contribution in [-0.4, -0.2) is 61.1 Å². The number of amides is 1. The number of hydrogen-bond acceptors (Lipinski definition) is 3. The van der Waals surface area contributed by atoms with Gasteiger partial charge in [0, 0.05) is 31.8 Å². The highest BCUT2D eigenvalue weighted by atomic mass is 19.1. The summed E-state index contributed by atoms with van der Waals surface area (Å²) in [5, 5.41) is 0. The van der Waals surface area contributed by atoms with Crippen molar-refractivity contribution in [3.05, 3.63) is 35.1 Å². The fourth-order valence-corrected chi connectivity index (χ4v) is 4.83. The maximum absolute atomic E-state index is 14.7. The molecule has 1 aliphatic heterocycles. The van der Waals surface area contributed by atoms with E-state index in [4.69, 9.17) is 4.74 Å². The lowest BCUT2D eigenvalue weighted by molar-refractivity contribution is -0.0154. The fourth-order valence-electron chi connectivity index (χ4n) is 4.83. The van der Waals surface area contributed by atoms with Crippen LogP contribution in [0.4, 0.5) is 4.39 Å². The first-order valence-corrected chi connectivity index (χ1v) is 11.5. The lowest BCUT2D eigenvalue weighted by Crippen LogP contribution is -2.46. The van der Waals surface area contributed by atoms with Crippen LogP contribution in [0.15, 0.2) is 18.2 Å². The number of carbonyl (C=O) groups is 1. The molecule has 1 aromatic rings. The molecule has 1 aliphatic carbocycles. The second-order valence-electron chi connectivity index (χ2n) is 10.3. The molecular formula is C25H39FN2O2. The monoisotopic (exact) mass is 418 g/mol. The van der Waals surface area contributed by atoms with E-state index in [-0.39, 0.29) is 23.2 Å². The van der Waals surface area contributed by atoms with Crippen LogP contribution in [0, 0.1) is 11.7 Å². The number of benzene rings is 1. The van der Waals surface area contributed by atoms with Crippen molar-refractivity contribution in [2.45, 2.75) is 76.9 Å². The quantitative estimate of drug-likeness (QED) is 0.668. The molecular weight excluding hydrogens is 379 g/mol. The molecule has 4 nitrogen and oxygen atoms in total. The third-order valence-corrected chi connectivity index (χ3v) is 6.90. The van der Waals surface area contributed by atoms with Gasteiger partial charge in [-0.25, -0.2) is 4.39 Å². The number of rotatable bonds is 5. The minimum absolute atomic E-state index is 0.161. The predicted octanol–water partition coefficient (Wildman–Crippen LogP) is 5.08. The maximum Gasteiger partial charge on any atom is 0.253 e. The van der Waals surface area contributed by atoms with Gasteiger partial charge in [0.25, 0.3) is 5.91 Å². The summed E-state index contributed by atoms with van der Waals surface area (Å²) in [5.74, 6) is 0.479. The molecule has 2 fully saturated rings. The van der Waals surface area contributed by atoms with Crippen molar-refractivity contribution in [3.8, 4) is 0 Å². The van der Waals surface area contributed by atoms with Gasteiger partial charge < -0.3 is 9.64 Å². The van der Waals surface area contributed by atoms with E-state index < -0.39 is 0 Å². The third kappa shape index (κ3) is 5.82. The number of carbonyl (C=O) groups excluding carboxylic acids is 1. The zero-order valence-electron chi connectivity index (χ0n) is 19.4. The molecule has 0 spiro atoms. The SMILES string of the molecule is CN(C)C(=O)c1ccc([C@H]2CC[C@H](OCC3CCN(C(C)(C)C)CC3)CC2)c(F)c1. The highest BCUT2D eigenvalue weighted by molar-refractivity contribution is 5.93. The van der Waals surface area contributed by atoms with E-state index in [1.807, 2.05) is 0 Å². The summed E-state index contributed by atoms with van der Waals surface area (Å²) in [4.78, 5) is 16.1. The first kappa shape index (κ1) is 23.2. The molecule has 1 aromatic carbocycles. The Balaban J connectivity index is 1.44. The Bertz CT molecular complexity index is 712. The third-order valence-electron chi connectivity index (χ3n) is 6.90. The molecule has 2 aliphatic rings. The summed E-state index contributed by atoms with van der Waals surface area (Å²) < 4.78 is 20.9. The van der Waals surface area contributed by atoms with E-state index in [9.17, 15) is 9.18 Å². The average Bonchev–Trinajstić information content (AvgIpc) is 2.71. The summed E-state index contributed by atoms with van der Waals surface area (Å²) in [6.45, 7) is 10.1. The van der Waals surface area contributed by atoms with Crippen LogP contribution in [0.3, 0.4) is 0 Å². The van der Waals surface area contributed by atoms with E-state index in [1.54, 1.807) is 26.2 Å². The Labute approximate surface area is 181 Å². The van der Waals surface area contributed by atoms with Gasteiger partial charge in [0.1, 0.15) is 5.82 Å². The largest absolute Gasteiger partial charge is 0.378 e. The second-order valence-corrected chi connectivity index (χ2v) is 10.3. The van der Waals surface area contributed by atoms with Gasteiger partial charge >= 0.3 is 0 Å². The number of halogens is 1. The molecule has 1 saturated heterocycles. The van der Waals surface area contributed by atoms with E-state index in [0.717, 1.165) is 50.9 Å². The number of nitrogens with zero attached hydrogens (tertiary/aromatic N) is 2. The summed E-state index contributed by atoms with van der Waals surface area (Å²) >= 11 is 0. The molecule has 0 bridgehead atoms. The van der Waals surface area contributed by atoms with Gasteiger partial charge in [0.2, 0.25) is 0 Å². The second kappa shape index (κ2) is 9.78. The van der Waals surface area contributed by atoms with Crippen LogP contribution in [0.5, 0.6) is 0 Å². The lowest BCUT2D eigenvalue weighted by atomic mass is 9.82. The zero-order chi connectivity index (χ0) is 21.9. The molecule has 0 N–H and O–H groups in total. The molecule has 30 heavy (non-hydrogen) atoms. The Morgan fingerprint density at radius 1 is 1.10 bits per heavy atom. The van der Waals surface area contributed by atoms with Crippen LogP contribution in [0.2, 0.25) is 0 Å². The van der Waals surface area contributed by atoms with Crippen LogP contribution in [0.25, 0.3) is 0 Å². The van der Waals surface area contributed by atoms with E-state index in [0.29, 0.717) is 17.6 Å². The summed E-state index contributed by atoms with van der Waals surface area (Å²) in [6.07, 6.45) is 6.62. The van der Waals surface area contributed by atoms with Crippen molar-refractivity contribution in [1.29, 1.82) is 0 Å². The van der Waals surface area contributed by atoms with Crippen LogP contribution >= 0.6 is 0 Å².